The van der Waals surface area contributed by atoms with Gasteiger partial charge in [0, 0.05) is 31.3 Å². The van der Waals surface area contributed by atoms with Gasteiger partial charge >= 0.3 is 0 Å². The molecule has 3 rings (SSSR count). The van der Waals surface area contributed by atoms with Gasteiger partial charge in [0.15, 0.2) is 0 Å². The molecule has 0 saturated heterocycles. The van der Waals surface area contributed by atoms with Gasteiger partial charge in [0.2, 0.25) is 11.9 Å². The zero-order chi connectivity index (χ0) is 12.4. The van der Waals surface area contributed by atoms with E-state index < -0.39 is 0 Å². The van der Waals surface area contributed by atoms with Crippen molar-refractivity contribution in [2.75, 3.05) is 17.6 Å². The molecule has 1 saturated carbocycles. The highest BCUT2D eigenvalue weighted by atomic mass is 15.2. The van der Waals surface area contributed by atoms with Crippen LogP contribution >= 0.6 is 0 Å². The Morgan fingerprint density at radius 2 is 2.22 bits per heavy atom. The van der Waals surface area contributed by atoms with Gasteiger partial charge in [-0.3, -0.25) is 0 Å². The number of aromatic nitrogens is 5. The summed E-state index contributed by atoms with van der Waals surface area (Å²) in [7, 11) is 0. The standard InChI is InChI=1S/C11H15N7/c12-10-16-9(7-1-2-7)17-11(18-10)15-4-3-8-13-5-6-14-8/h5-7H,1-4H2,(H,13,14)(H3,12,15,16,17,18). The van der Waals surface area contributed by atoms with Crippen molar-refractivity contribution >= 4 is 11.9 Å². The van der Waals surface area contributed by atoms with Gasteiger partial charge in [-0.1, -0.05) is 0 Å². The van der Waals surface area contributed by atoms with Crippen LogP contribution in [0.2, 0.25) is 0 Å². The molecule has 0 radical (unpaired) electrons. The van der Waals surface area contributed by atoms with Crippen molar-refractivity contribution in [3.63, 3.8) is 0 Å². The summed E-state index contributed by atoms with van der Waals surface area (Å²) in [5.74, 6) is 3.05. The lowest BCUT2D eigenvalue weighted by atomic mass is 10.4. The van der Waals surface area contributed by atoms with Crippen molar-refractivity contribution in [1.29, 1.82) is 0 Å². The van der Waals surface area contributed by atoms with Crippen molar-refractivity contribution in [2.45, 2.75) is 25.2 Å². The second kappa shape index (κ2) is 4.59. The van der Waals surface area contributed by atoms with Crippen LogP contribution in [0.5, 0.6) is 0 Å². The highest BCUT2D eigenvalue weighted by Crippen LogP contribution is 2.38. The minimum Gasteiger partial charge on any atom is -0.368 e. The van der Waals surface area contributed by atoms with Crippen LogP contribution in [0.1, 0.15) is 30.4 Å². The number of nitrogens with zero attached hydrogens (tertiary/aromatic N) is 4. The molecule has 4 N–H and O–H groups in total. The SMILES string of the molecule is Nc1nc(NCCc2ncc[nH]2)nc(C2CC2)n1. The summed E-state index contributed by atoms with van der Waals surface area (Å²) in [6.07, 6.45) is 6.63. The van der Waals surface area contributed by atoms with Crippen molar-refractivity contribution in [3.8, 4) is 0 Å². The van der Waals surface area contributed by atoms with Gasteiger partial charge in [-0.25, -0.2) is 4.98 Å². The smallest absolute Gasteiger partial charge is 0.227 e. The lowest BCUT2D eigenvalue weighted by molar-refractivity contribution is 0.870. The summed E-state index contributed by atoms with van der Waals surface area (Å²) in [5.41, 5.74) is 5.67. The largest absolute Gasteiger partial charge is 0.368 e. The number of H-pyrrole nitrogens is 1. The fraction of sp³-hybridized carbons (Fsp3) is 0.455. The third-order valence-corrected chi connectivity index (χ3v) is 2.81. The second-order valence-corrected chi connectivity index (χ2v) is 4.36. The van der Waals surface area contributed by atoms with Gasteiger partial charge in [-0.2, -0.15) is 15.0 Å². The number of rotatable bonds is 5. The molecule has 7 nitrogen and oxygen atoms in total. The van der Waals surface area contributed by atoms with E-state index in [-0.39, 0.29) is 5.95 Å². The Balaban J connectivity index is 1.61. The van der Waals surface area contributed by atoms with Crippen LogP contribution in [0.4, 0.5) is 11.9 Å². The van der Waals surface area contributed by atoms with Gasteiger partial charge in [0.25, 0.3) is 0 Å². The maximum Gasteiger partial charge on any atom is 0.227 e. The maximum absolute atomic E-state index is 5.67. The van der Waals surface area contributed by atoms with Gasteiger partial charge in [-0.15, -0.1) is 0 Å². The Bertz CT molecular complexity index is 518. The molecule has 1 aliphatic carbocycles. The van der Waals surface area contributed by atoms with Gasteiger partial charge in [0.1, 0.15) is 11.6 Å². The quantitative estimate of drug-likeness (QED) is 0.716. The Morgan fingerprint density at radius 3 is 2.94 bits per heavy atom. The first-order valence-corrected chi connectivity index (χ1v) is 6.05. The van der Waals surface area contributed by atoms with Crippen LogP contribution in [0.15, 0.2) is 12.4 Å². The summed E-state index contributed by atoms with van der Waals surface area (Å²) in [5, 5.41) is 3.14. The van der Waals surface area contributed by atoms with Gasteiger partial charge < -0.3 is 16.0 Å². The molecule has 94 valence electrons. The third-order valence-electron chi connectivity index (χ3n) is 2.81. The van der Waals surface area contributed by atoms with Crippen LogP contribution in [-0.4, -0.2) is 31.5 Å². The molecule has 7 heteroatoms. The molecule has 0 aromatic carbocycles. The first-order chi connectivity index (χ1) is 8.81. The molecule has 2 heterocycles. The second-order valence-electron chi connectivity index (χ2n) is 4.36. The van der Waals surface area contributed by atoms with E-state index in [1.54, 1.807) is 6.20 Å². The molecule has 0 spiro atoms. The van der Waals surface area contributed by atoms with Crippen molar-refractivity contribution in [1.82, 2.24) is 24.9 Å². The lowest BCUT2D eigenvalue weighted by Gasteiger charge is -2.05. The molecule has 0 unspecified atom stereocenters. The van der Waals surface area contributed by atoms with E-state index in [0.717, 1.165) is 30.9 Å². The molecular weight excluding hydrogens is 230 g/mol. The van der Waals surface area contributed by atoms with Crippen LogP contribution < -0.4 is 11.1 Å². The van der Waals surface area contributed by atoms with Crippen LogP contribution in [0, 0.1) is 0 Å². The van der Waals surface area contributed by atoms with Crippen LogP contribution in [-0.2, 0) is 6.42 Å². The van der Waals surface area contributed by atoms with Crippen molar-refractivity contribution < 1.29 is 0 Å². The first kappa shape index (κ1) is 10.9. The minimum absolute atomic E-state index is 0.285. The molecule has 0 amide bonds. The molecule has 0 bridgehead atoms. The molecule has 0 atom stereocenters. The van der Waals surface area contributed by atoms with E-state index in [2.05, 4.69) is 30.2 Å². The zero-order valence-corrected chi connectivity index (χ0v) is 9.93. The fourth-order valence-corrected chi connectivity index (χ4v) is 1.74. The number of imidazole rings is 1. The maximum atomic E-state index is 5.67. The summed E-state index contributed by atoms with van der Waals surface area (Å²) in [6.45, 7) is 0.709. The Hall–Kier alpha value is -2.18. The molecule has 2 aromatic rings. The summed E-state index contributed by atoms with van der Waals surface area (Å²) in [6, 6.07) is 0. The Kier molecular flexibility index (Phi) is 2.79. The number of nitrogens with one attached hydrogen (secondary N) is 2. The molecule has 0 aliphatic heterocycles. The number of nitrogens with two attached hydrogens (primary N) is 1. The highest BCUT2D eigenvalue weighted by molar-refractivity contribution is 5.32. The molecule has 1 aliphatic rings. The van der Waals surface area contributed by atoms with Crippen molar-refractivity contribution in [2.24, 2.45) is 0 Å². The van der Waals surface area contributed by atoms with E-state index in [1.165, 1.54) is 0 Å². The minimum atomic E-state index is 0.285. The monoisotopic (exact) mass is 245 g/mol. The summed E-state index contributed by atoms with van der Waals surface area (Å²) >= 11 is 0. The molecular formula is C11H15N7. The van der Waals surface area contributed by atoms with E-state index in [9.17, 15) is 0 Å². The number of anilines is 2. The van der Waals surface area contributed by atoms with Crippen molar-refractivity contribution in [3.05, 3.63) is 24.0 Å². The zero-order valence-electron chi connectivity index (χ0n) is 9.93. The molecule has 1 fully saturated rings. The Labute approximate surface area is 104 Å². The highest BCUT2D eigenvalue weighted by Gasteiger charge is 2.27. The van der Waals surface area contributed by atoms with Gasteiger partial charge in [0.05, 0.1) is 0 Å². The third kappa shape index (κ3) is 2.55. The average molecular weight is 245 g/mol. The van der Waals surface area contributed by atoms with Crippen LogP contribution in [0.25, 0.3) is 0 Å². The Morgan fingerprint density at radius 1 is 1.33 bits per heavy atom. The van der Waals surface area contributed by atoms with E-state index in [0.29, 0.717) is 18.4 Å². The normalized spacial score (nSPS) is 14.7. The lowest BCUT2D eigenvalue weighted by Crippen LogP contribution is -2.12. The number of hydrogen-bond acceptors (Lipinski definition) is 6. The topological polar surface area (TPSA) is 105 Å². The van der Waals surface area contributed by atoms with Gasteiger partial charge in [-0.05, 0) is 12.8 Å². The van der Waals surface area contributed by atoms with Crippen LogP contribution in [0.3, 0.4) is 0 Å². The number of hydrogen-bond donors (Lipinski definition) is 3. The summed E-state index contributed by atoms with van der Waals surface area (Å²) in [4.78, 5) is 19.8. The number of aromatic amines is 1. The predicted molar refractivity (Wildman–Crippen MR) is 67.0 cm³/mol. The average Bonchev–Trinajstić information content (AvgIpc) is 3.08. The molecule has 2 aromatic heterocycles. The fourth-order valence-electron chi connectivity index (χ4n) is 1.74. The van der Waals surface area contributed by atoms with E-state index in [1.807, 2.05) is 6.20 Å². The van der Waals surface area contributed by atoms with E-state index >= 15 is 0 Å². The molecule has 18 heavy (non-hydrogen) atoms. The number of nitrogen functional groups attached to an aromatic ring is 1. The van der Waals surface area contributed by atoms with E-state index in [4.69, 9.17) is 5.73 Å². The summed E-state index contributed by atoms with van der Waals surface area (Å²) < 4.78 is 0. The first-order valence-electron chi connectivity index (χ1n) is 6.05. The predicted octanol–water partition coefficient (Wildman–Crippen LogP) is 0.709.